The van der Waals surface area contributed by atoms with E-state index in [1.54, 1.807) is 0 Å². The Morgan fingerprint density at radius 1 is 1.17 bits per heavy atom. The summed E-state index contributed by atoms with van der Waals surface area (Å²) in [6.07, 6.45) is 15.1. The number of fused-ring (bicyclic) bond motifs is 1. The third-order valence-corrected chi connectivity index (χ3v) is 3.18. The highest BCUT2D eigenvalue weighted by atomic mass is 14.3. The standard InChI is InChI=1S/C12H18/c1-10-7-8-11-5-3-2-4-6-12(11)9-10/h3,5,7-8,10-12H,2,4,6,9H2,1H3. The molecule has 0 N–H and O–H groups in total. The molecule has 0 aromatic carbocycles. The summed E-state index contributed by atoms with van der Waals surface area (Å²) in [4.78, 5) is 0. The lowest BCUT2D eigenvalue weighted by molar-refractivity contribution is 0.338. The molecule has 12 heavy (non-hydrogen) atoms. The minimum Gasteiger partial charge on any atom is -0.0879 e. The summed E-state index contributed by atoms with van der Waals surface area (Å²) in [5, 5.41) is 0. The van der Waals surface area contributed by atoms with Crippen molar-refractivity contribution >= 4 is 0 Å². The topological polar surface area (TPSA) is 0 Å². The van der Waals surface area contributed by atoms with Crippen LogP contribution in [0.3, 0.4) is 0 Å². The van der Waals surface area contributed by atoms with Crippen LogP contribution in [-0.2, 0) is 0 Å². The van der Waals surface area contributed by atoms with Crippen LogP contribution in [0.25, 0.3) is 0 Å². The number of allylic oxidation sites excluding steroid dienone is 4. The van der Waals surface area contributed by atoms with Crippen molar-refractivity contribution in [3.8, 4) is 0 Å². The molecule has 2 aliphatic carbocycles. The lowest BCUT2D eigenvalue weighted by Gasteiger charge is -2.27. The van der Waals surface area contributed by atoms with E-state index in [1.807, 2.05) is 0 Å². The smallest absolute Gasteiger partial charge is 0.00249 e. The first-order chi connectivity index (χ1) is 5.86. The molecule has 0 heterocycles. The molecule has 0 amide bonds. The molecule has 0 aromatic heterocycles. The first-order valence-electron chi connectivity index (χ1n) is 5.21. The van der Waals surface area contributed by atoms with Crippen LogP contribution in [-0.4, -0.2) is 0 Å². The van der Waals surface area contributed by atoms with Crippen molar-refractivity contribution < 1.29 is 0 Å². The van der Waals surface area contributed by atoms with Crippen LogP contribution in [0.15, 0.2) is 24.3 Å². The SMILES string of the molecule is CC1C=CC2C=CCCCC2C1. The van der Waals surface area contributed by atoms with Gasteiger partial charge in [-0.2, -0.15) is 0 Å². The second-order valence-electron chi connectivity index (χ2n) is 4.29. The fourth-order valence-electron chi connectivity index (χ4n) is 2.47. The van der Waals surface area contributed by atoms with Crippen molar-refractivity contribution in [1.29, 1.82) is 0 Å². The summed E-state index contributed by atoms with van der Waals surface area (Å²) in [6, 6.07) is 0. The van der Waals surface area contributed by atoms with Crippen molar-refractivity contribution in [3.05, 3.63) is 24.3 Å². The molecule has 0 aromatic rings. The van der Waals surface area contributed by atoms with Crippen LogP contribution in [0, 0.1) is 17.8 Å². The predicted molar refractivity (Wildman–Crippen MR) is 52.9 cm³/mol. The molecular formula is C12H18. The predicted octanol–water partition coefficient (Wildman–Crippen LogP) is 3.55. The Labute approximate surface area is 75.4 Å². The lowest BCUT2D eigenvalue weighted by atomic mass is 9.78. The second kappa shape index (κ2) is 3.47. The molecule has 3 atom stereocenters. The van der Waals surface area contributed by atoms with E-state index in [1.165, 1.54) is 25.7 Å². The van der Waals surface area contributed by atoms with Crippen LogP contribution in [0.2, 0.25) is 0 Å². The number of rotatable bonds is 0. The molecule has 66 valence electrons. The van der Waals surface area contributed by atoms with Crippen LogP contribution >= 0.6 is 0 Å². The molecular weight excluding hydrogens is 144 g/mol. The summed E-state index contributed by atoms with van der Waals surface area (Å²) < 4.78 is 0. The Bertz CT molecular complexity index is 200. The highest BCUT2D eigenvalue weighted by Gasteiger charge is 2.23. The van der Waals surface area contributed by atoms with Crippen LogP contribution in [0.5, 0.6) is 0 Å². The zero-order valence-electron chi connectivity index (χ0n) is 7.87. The molecule has 2 aliphatic rings. The van der Waals surface area contributed by atoms with Crippen molar-refractivity contribution in [2.24, 2.45) is 17.8 Å². The summed E-state index contributed by atoms with van der Waals surface area (Å²) in [6.45, 7) is 2.33. The van der Waals surface area contributed by atoms with Gasteiger partial charge >= 0.3 is 0 Å². The van der Waals surface area contributed by atoms with Gasteiger partial charge in [0.1, 0.15) is 0 Å². The minimum atomic E-state index is 0.767. The van der Waals surface area contributed by atoms with E-state index >= 15 is 0 Å². The molecule has 2 rings (SSSR count). The minimum absolute atomic E-state index is 0.767. The van der Waals surface area contributed by atoms with E-state index in [-0.39, 0.29) is 0 Å². The third kappa shape index (κ3) is 1.63. The maximum atomic E-state index is 2.42. The molecule has 0 nitrogen and oxygen atoms in total. The molecule has 0 radical (unpaired) electrons. The van der Waals surface area contributed by atoms with Crippen molar-refractivity contribution in [1.82, 2.24) is 0 Å². The van der Waals surface area contributed by atoms with Gasteiger partial charge < -0.3 is 0 Å². The summed E-state index contributed by atoms with van der Waals surface area (Å²) in [7, 11) is 0. The van der Waals surface area contributed by atoms with Crippen LogP contribution in [0.1, 0.15) is 32.6 Å². The van der Waals surface area contributed by atoms with Gasteiger partial charge in [0.15, 0.2) is 0 Å². The molecule has 0 heteroatoms. The fourth-order valence-corrected chi connectivity index (χ4v) is 2.47. The highest BCUT2D eigenvalue weighted by Crippen LogP contribution is 2.34. The Kier molecular flexibility index (Phi) is 2.34. The van der Waals surface area contributed by atoms with Crippen molar-refractivity contribution in [2.45, 2.75) is 32.6 Å². The summed E-state index contributed by atoms with van der Waals surface area (Å²) in [5.74, 6) is 2.53. The Morgan fingerprint density at radius 2 is 2.08 bits per heavy atom. The number of hydrogen-bond donors (Lipinski definition) is 0. The summed E-state index contributed by atoms with van der Waals surface area (Å²) in [5.41, 5.74) is 0. The molecule has 0 saturated carbocycles. The van der Waals surface area contributed by atoms with Crippen molar-refractivity contribution in [2.75, 3.05) is 0 Å². The van der Waals surface area contributed by atoms with Gasteiger partial charge in [-0.05, 0) is 43.4 Å². The van der Waals surface area contributed by atoms with Gasteiger partial charge in [-0.25, -0.2) is 0 Å². The molecule has 3 unspecified atom stereocenters. The zero-order valence-corrected chi connectivity index (χ0v) is 7.87. The number of hydrogen-bond acceptors (Lipinski definition) is 0. The Balaban J connectivity index is 2.12. The Morgan fingerprint density at radius 3 is 3.00 bits per heavy atom. The van der Waals surface area contributed by atoms with Crippen molar-refractivity contribution in [3.63, 3.8) is 0 Å². The van der Waals surface area contributed by atoms with Gasteiger partial charge in [-0.15, -0.1) is 0 Å². The maximum absolute atomic E-state index is 2.42. The van der Waals surface area contributed by atoms with E-state index in [4.69, 9.17) is 0 Å². The van der Waals surface area contributed by atoms with Crippen LogP contribution < -0.4 is 0 Å². The monoisotopic (exact) mass is 162 g/mol. The van der Waals surface area contributed by atoms with Gasteiger partial charge in [-0.1, -0.05) is 31.2 Å². The van der Waals surface area contributed by atoms with E-state index in [0.717, 1.165) is 17.8 Å². The molecule has 0 bridgehead atoms. The molecule has 0 aliphatic heterocycles. The first kappa shape index (κ1) is 8.10. The lowest BCUT2D eigenvalue weighted by Crippen LogP contribution is -2.17. The first-order valence-corrected chi connectivity index (χ1v) is 5.21. The third-order valence-electron chi connectivity index (χ3n) is 3.18. The van der Waals surface area contributed by atoms with Gasteiger partial charge in [0, 0.05) is 0 Å². The van der Waals surface area contributed by atoms with Gasteiger partial charge in [0.2, 0.25) is 0 Å². The molecule has 0 spiro atoms. The van der Waals surface area contributed by atoms with E-state index in [9.17, 15) is 0 Å². The Hall–Kier alpha value is -0.520. The van der Waals surface area contributed by atoms with E-state index in [0.29, 0.717) is 0 Å². The molecule has 0 fully saturated rings. The maximum Gasteiger partial charge on any atom is -0.00249 e. The molecule has 0 saturated heterocycles. The fraction of sp³-hybridized carbons (Fsp3) is 0.667. The van der Waals surface area contributed by atoms with Gasteiger partial charge in [0.05, 0.1) is 0 Å². The van der Waals surface area contributed by atoms with Gasteiger partial charge in [0.25, 0.3) is 0 Å². The van der Waals surface area contributed by atoms with Gasteiger partial charge in [-0.3, -0.25) is 0 Å². The van der Waals surface area contributed by atoms with E-state index in [2.05, 4.69) is 31.2 Å². The average Bonchev–Trinajstić information content (AvgIpc) is 2.28. The van der Waals surface area contributed by atoms with Crippen LogP contribution in [0.4, 0.5) is 0 Å². The largest absolute Gasteiger partial charge is 0.0879 e. The normalized spacial score (nSPS) is 40.6. The highest BCUT2D eigenvalue weighted by molar-refractivity contribution is 5.09. The average molecular weight is 162 g/mol. The van der Waals surface area contributed by atoms with E-state index < -0.39 is 0 Å². The quantitative estimate of drug-likeness (QED) is 0.478. The zero-order chi connectivity index (χ0) is 8.39. The second-order valence-corrected chi connectivity index (χ2v) is 4.29. The summed E-state index contributed by atoms with van der Waals surface area (Å²) >= 11 is 0.